The number of nitrogens with zero attached hydrogens (tertiary/aromatic N) is 1. The van der Waals surface area contributed by atoms with Crippen LogP contribution in [0.15, 0.2) is 18.2 Å². The third kappa shape index (κ3) is 2.97. The molecule has 3 N–H and O–H groups in total. The monoisotopic (exact) mass is 256 g/mol. The van der Waals surface area contributed by atoms with Crippen molar-refractivity contribution in [2.75, 3.05) is 24.6 Å². The molecule has 0 saturated carbocycles. The van der Waals surface area contributed by atoms with E-state index in [9.17, 15) is 8.78 Å². The number of hydrogen-bond donors (Lipinski definition) is 2. The zero-order chi connectivity index (χ0) is 13.1. The van der Waals surface area contributed by atoms with Crippen molar-refractivity contribution in [2.45, 2.75) is 18.9 Å². The number of halogens is 2. The SMILES string of the molecule is NC1CC(CCO)CN(c2cc(F)ccc2F)C1. The van der Waals surface area contributed by atoms with Gasteiger partial charge in [0.15, 0.2) is 0 Å². The molecule has 2 unspecified atom stereocenters. The Morgan fingerprint density at radius 1 is 1.33 bits per heavy atom. The highest BCUT2D eigenvalue weighted by Gasteiger charge is 2.26. The molecule has 3 nitrogen and oxygen atoms in total. The Bertz CT molecular complexity index is 414. The minimum Gasteiger partial charge on any atom is -0.396 e. The van der Waals surface area contributed by atoms with Crippen LogP contribution in [0.3, 0.4) is 0 Å². The molecule has 1 aromatic rings. The van der Waals surface area contributed by atoms with Crippen molar-refractivity contribution in [3.63, 3.8) is 0 Å². The van der Waals surface area contributed by atoms with Crippen LogP contribution in [0, 0.1) is 17.6 Å². The number of hydrogen-bond acceptors (Lipinski definition) is 3. The van der Waals surface area contributed by atoms with Crippen LogP contribution in [-0.4, -0.2) is 30.8 Å². The summed E-state index contributed by atoms with van der Waals surface area (Å²) in [6, 6.07) is 3.36. The molecular formula is C13H18F2N2O. The van der Waals surface area contributed by atoms with Crippen molar-refractivity contribution >= 4 is 5.69 Å². The van der Waals surface area contributed by atoms with Crippen molar-refractivity contribution < 1.29 is 13.9 Å². The van der Waals surface area contributed by atoms with Crippen molar-refractivity contribution in [1.29, 1.82) is 0 Å². The number of nitrogens with two attached hydrogens (primary N) is 1. The van der Waals surface area contributed by atoms with Crippen LogP contribution in [0.2, 0.25) is 0 Å². The van der Waals surface area contributed by atoms with E-state index in [1.54, 1.807) is 4.90 Å². The van der Waals surface area contributed by atoms with Gasteiger partial charge in [-0.15, -0.1) is 0 Å². The van der Waals surface area contributed by atoms with E-state index in [2.05, 4.69) is 0 Å². The molecule has 100 valence electrons. The molecule has 2 atom stereocenters. The zero-order valence-corrected chi connectivity index (χ0v) is 10.1. The first-order valence-corrected chi connectivity index (χ1v) is 6.16. The van der Waals surface area contributed by atoms with Gasteiger partial charge in [-0.3, -0.25) is 0 Å². The van der Waals surface area contributed by atoms with E-state index < -0.39 is 11.6 Å². The fourth-order valence-corrected chi connectivity index (χ4v) is 2.56. The fraction of sp³-hybridized carbons (Fsp3) is 0.538. The minimum atomic E-state index is -0.454. The average Bonchev–Trinajstić information content (AvgIpc) is 2.32. The highest BCUT2D eigenvalue weighted by molar-refractivity contribution is 5.48. The second kappa shape index (κ2) is 5.63. The Balaban J connectivity index is 2.18. The van der Waals surface area contributed by atoms with Crippen LogP contribution in [0.4, 0.5) is 14.5 Å². The molecule has 18 heavy (non-hydrogen) atoms. The molecule has 2 rings (SSSR count). The first kappa shape index (κ1) is 13.2. The standard InChI is InChI=1S/C13H18F2N2O/c14-10-1-2-12(15)13(6-10)17-7-9(3-4-18)5-11(16)8-17/h1-2,6,9,11,18H,3-5,7-8,16H2. The second-order valence-electron chi connectivity index (χ2n) is 4.87. The topological polar surface area (TPSA) is 49.5 Å². The Morgan fingerprint density at radius 3 is 2.83 bits per heavy atom. The van der Waals surface area contributed by atoms with E-state index in [4.69, 9.17) is 10.8 Å². The lowest BCUT2D eigenvalue weighted by molar-refractivity contribution is 0.238. The van der Waals surface area contributed by atoms with Crippen LogP contribution in [0.5, 0.6) is 0 Å². The Hall–Kier alpha value is -1.20. The number of anilines is 1. The van der Waals surface area contributed by atoms with Crippen molar-refractivity contribution in [3.8, 4) is 0 Å². The van der Waals surface area contributed by atoms with Gasteiger partial charge in [0, 0.05) is 31.8 Å². The Morgan fingerprint density at radius 2 is 2.11 bits per heavy atom. The molecule has 1 aromatic carbocycles. The summed E-state index contributed by atoms with van der Waals surface area (Å²) < 4.78 is 26.9. The van der Waals surface area contributed by atoms with Gasteiger partial charge in [-0.1, -0.05) is 0 Å². The summed E-state index contributed by atoms with van der Waals surface area (Å²) in [6.45, 7) is 1.22. The predicted molar refractivity (Wildman–Crippen MR) is 66.4 cm³/mol. The highest BCUT2D eigenvalue weighted by Crippen LogP contribution is 2.27. The lowest BCUT2D eigenvalue weighted by atomic mass is 9.92. The fourth-order valence-electron chi connectivity index (χ4n) is 2.56. The van der Waals surface area contributed by atoms with Crippen molar-refractivity contribution in [2.24, 2.45) is 11.7 Å². The molecule has 1 saturated heterocycles. The summed E-state index contributed by atoms with van der Waals surface area (Å²) in [5.74, 6) is -0.668. The van der Waals surface area contributed by atoms with Gasteiger partial charge in [0.1, 0.15) is 11.6 Å². The summed E-state index contributed by atoms with van der Waals surface area (Å²) in [5, 5.41) is 8.97. The number of benzene rings is 1. The Kier molecular flexibility index (Phi) is 4.14. The molecular weight excluding hydrogens is 238 g/mol. The van der Waals surface area contributed by atoms with E-state index in [1.807, 2.05) is 0 Å². The summed E-state index contributed by atoms with van der Waals surface area (Å²) in [7, 11) is 0. The second-order valence-corrected chi connectivity index (χ2v) is 4.87. The van der Waals surface area contributed by atoms with Crippen molar-refractivity contribution in [3.05, 3.63) is 29.8 Å². The van der Waals surface area contributed by atoms with E-state index in [0.29, 0.717) is 19.5 Å². The van der Waals surface area contributed by atoms with Gasteiger partial charge in [0.25, 0.3) is 0 Å². The predicted octanol–water partition coefficient (Wildman–Crippen LogP) is 1.50. The van der Waals surface area contributed by atoms with Gasteiger partial charge in [-0.2, -0.15) is 0 Å². The first-order chi connectivity index (χ1) is 8.60. The third-order valence-corrected chi connectivity index (χ3v) is 3.36. The molecule has 0 spiro atoms. The molecule has 5 heteroatoms. The lowest BCUT2D eigenvalue weighted by Crippen LogP contribution is -2.47. The van der Waals surface area contributed by atoms with Crippen LogP contribution in [0.25, 0.3) is 0 Å². The lowest BCUT2D eigenvalue weighted by Gasteiger charge is -2.37. The number of piperidine rings is 1. The van der Waals surface area contributed by atoms with Crippen molar-refractivity contribution in [1.82, 2.24) is 0 Å². The first-order valence-electron chi connectivity index (χ1n) is 6.16. The van der Waals surface area contributed by atoms with Crippen LogP contribution in [-0.2, 0) is 0 Å². The minimum absolute atomic E-state index is 0.0713. The Labute approximate surface area is 105 Å². The molecule has 0 aromatic heterocycles. The van der Waals surface area contributed by atoms with E-state index in [-0.39, 0.29) is 24.3 Å². The van der Waals surface area contributed by atoms with Gasteiger partial charge < -0.3 is 15.7 Å². The maximum absolute atomic E-state index is 13.7. The summed E-state index contributed by atoms with van der Waals surface area (Å²) in [5.41, 5.74) is 6.19. The van der Waals surface area contributed by atoms with Gasteiger partial charge >= 0.3 is 0 Å². The summed E-state index contributed by atoms with van der Waals surface area (Å²) in [4.78, 5) is 1.77. The maximum Gasteiger partial charge on any atom is 0.146 e. The maximum atomic E-state index is 13.7. The van der Waals surface area contributed by atoms with Crippen LogP contribution < -0.4 is 10.6 Å². The highest BCUT2D eigenvalue weighted by atomic mass is 19.1. The molecule has 0 aliphatic carbocycles. The molecule has 1 aliphatic rings. The van der Waals surface area contributed by atoms with E-state index in [0.717, 1.165) is 18.6 Å². The van der Waals surface area contributed by atoms with Crippen LogP contribution in [0.1, 0.15) is 12.8 Å². The van der Waals surface area contributed by atoms with E-state index in [1.165, 1.54) is 6.07 Å². The van der Waals surface area contributed by atoms with E-state index >= 15 is 0 Å². The molecule has 1 heterocycles. The van der Waals surface area contributed by atoms with Gasteiger partial charge in [0.05, 0.1) is 5.69 Å². The largest absolute Gasteiger partial charge is 0.396 e. The van der Waals surface area contributed by atoms with Gasteiger partial charge in [-0.25, -0.2) is 8.78 Å². The number of rotatable bonds is 3. The number of aliphatic hydroxyl groups excluding tert-OH is 1. The molecule has 0 radical (unpaired) electrons. The molecule has 1 aliphatic heterocycles. The normalized spacial score (nSPS) is 24.3. The quantitative estimate of drug-likeness (QED) is 0.861. The smallest absolute Gasteiger partial charge is 0.146 e. The molecule has 0 bridgehead atoms. The van der Waals surface area contributed by atoms with Gasteiger partial charge in [0.2, 0.25) is 0 Å². The van der Waals surface area contributed by atoms with Gasteiger partial charge in [-0.05, 0) is 30.9 Å². The zero-order valence-electron chi connectivity index (χ0n) is 10.1. The number of aliphatic hydroxyl groups is 1. The molecule has 0 amide bonds. The summed E-state index contributed by atoms with van der Waals surface area (Å²) >= 11 is 0. The average molecular weight is 256 g/mol. The van der Waals surface area contributed by atoms with Crippen LogP contribution >= 0.6 is 0 Å². The third-order valence-electron chi connectivity index (χ3n) is 3.36. The molecule has 1 fully saturated rings. The summed E-state index contributed by atoms with van der Waals surface area (Å²) in [6.07, 6.45) is 1.45.